The third kappa shape index (κ3) is 15.8. The van der Waals surface area contributed by atoms with Crippen LogP contribution in [0, 0.1) is 0 Å². The average molecular weight is 248 g/mol. The number of ether oxygens (including phenoxy) is 2. The quantitative estimate of drug-likeness (QED) is 0.578. The highest BCUT2D eigenvalue weighted by molar-refractivity contribution is 4.64. The minimum absolute atomic E-state index is 0.577. The molecule has 0 aromatic heterocycles. The zero-order valence-electron chi connectivity index (χ0n) is 11.7. The van der Waals surface area contributed by atoms with Crippen LogP contribution in [0.15, 0.2) is 0 Å². The summed E-state index contributed by atoms with van der Waals surface area (Å²) in [5, 5.41) is 18.9. The van der Waals surface area contributed by atoms with Gasteiger partial charge < -0.3 is 19.7 Å². The molecular weight excluding hydrogens is 220 g/mol. The number of aliphatic hydroxyl groups is 2. The van der Waals surface area contributed by atoms with Crippen molar-refractivity contribution in [3.05, 3.63) is 0 Å². The van der Waals surface area contributed by atoms with Crippen LogP contribution in [0.5, 0.6) is 0 Å². The van der Waals surface area contributed by atoms with Crippen molar-refractivity contribution >= 4 is 0 Å². The molecule has 0 aliphatic carbocycles. The number of hydrogen-bond donors (Lipinski definition) is 2. The van der Waals surface area contributed by atoms with Gasteiger partial charge in [-0.2, -0.15) is 0 Å². The van der Waals surface area contributed by atoms with E-state index in [4.69, 9.17) is 9.47 Å². The second-order valence-electron chi connectivity index (χ2n) is 5.70. The van der Waals surface area contributed by atoms with Crippen LogP contribution in [-0.4, -0.2) is 47.8 Å². The molecule has 0 rings (SSSR count). The minimum atomic E-state index is -0.650. The van der Waals surface area contributed by atoms with E-state index in [1.54, 1.807) is 27.7 Å². The molecule has 0 saturated heterocycles. The molecule has 0 saturated carbocycles. The Bertz CT molecular complexity index is 159. The van der Waals surface area contributed by atoms with Gasteiger partial charge in [0.2, 0.25) is 0 Å². The SMILES string of the molecule is CC(C)(O)CCOCCCOCCC(C)(C)O. The Hall–Kier alpha value is -0.160. The van der Waals surface area contributed by atoms with E-state index in [1.165, 1.54) is 0 Å². The van der Waals surface area contributed by atoms with Gasteiger partial charge in [-0.3, -0.25) is 0 Å². The van der Waals surface area contributed by atoms with E-state index >= 15 is 0 Å². The molecule has 0 unspecified atom stereocenters. The van der Waals surface area contributed by atoms with E-state index < -0.39 is 11.2 Å². The van der Waals surface area contributed by atoms with Gasteiger partial charge in [0.15, 0.2) is 0 Å². The summed E-state index contributed by atoms with van der Waals surface area (Å²) in [6, 6.07) is 0. The molecule has 0 amide bonds. The average Bonchev–Trinajstić information content (AvgIpc) is 2.11. The fourth-order valence-electron chi connectivity index (χ4n) is 1.11. The van der Waals surface area contributed by atoms with E-state index in [0.29, 0.717) is 39.3 Å². The van der Waals surface area contributed by atoms with Gasteiger partial charge in [0, 0.05) is 26.4 Å². The summed E-state index contributed by atoms with van der Waals surface area (Å²) >= 11 is 0. The van der Waals surface area contributed by atoms with E-state index in [1.807, 2.05) is 0 Å². The van der Waals surface area contributed by atoms with Crippen LogP contribution >= 0.6 is 0 Å². The molecule has 0 heterocycles. The molecule has 17 heavy (non-hydrogen) atoms. The normalized spacial score (nSPS) is 13.1. The van der Waals surface area contributed by atoms with Crippen molar-refractivity contribution < 1.29 is 19.7 Å². The van der Waals surface area contributed by atoms with Crippen molar-refractivity contribution in [1.29, 1.82) is 0 Å². The van der Waals surface area contributed by atoms with Crippen LogP contribution in [0.25, 0.3) is 0 Å². The highest BCUT2D eigenvalue weighted by atomic mass is 16.5. The van der Waals surface area contributed by atoms with E-state index in [-0.39, 0.29) is 0 Å². The van der Waals surface area contributed by atoms with Gasteiger partial charge in [-0.25, -0.2) is 0 Å². The molecule has 0 aliphatic heterocycles. The Morgan fingerprint density at radius 3 is 1.35 bits per heavy atom. The molecule has 0 aliphatic rings. The van der Waals surface area contributed by atoms with Crippen molar-refractivity contribution in [2.75, 3.05) is 26.4 Å². The summed E-state index contributed by atoms with van der Waals surface area (Å²) in [6.45, 7) is 9.55. The Morgan fingerprint density at radius 1 is 0.706 bits per heavy atom. The fourth-order valence-corrected chi connectivity index (χ4v) is 1.11. The highest BCUT2D eigenvalue weighted by Crippen LogP contribution is 2.07. The summed E-state index contributed by atoms with van der Waals surface area (Å²) in [5.41, 5.74) is -1.30. The second-order valence-corrected chi connectivity index (χ2v) is 5.70. The Labute approximate surface area is 105 Å². The largest absolute Gasteiger partial charge is 0.390 e. The Morgan fingerprint density at radius 2 is 1.06 bits per heavy atom. The van der Waals surface area contributed by atoms with Crippen LogP contribution in [0.3, 0.4) is 0 Å². The molecule has 0 aromatic carbocycles. The maximum atomic E-state index is 9.44. The molecule has 4 heteroatoms. The second kappa shape index (κ2) is 8.03. The lowest BCUT2D eigenvalue weighted by Gasteiger charge is -2.17. The topological polar surface area (TPSA) is 58.9 Å². The van der Waals surface area contributed by atoms with Gasteiger partial charge in [0.05, 0.1) is 11.2 Å². The standard InChI is InChI=1S/C13H28O4/c1-12(2,14)6-10-16-8-5-9-17-11-7-13(3,4)15/h14-15H,5-11H2,1-4H3. The van der Waals surface area contributed by atoms with Crippen molar-refractivity contribution in [2.45, 2.75) is 58.2 Å². The lowest BCUT2D eigenvalue weighted by molar-refractivity contribution is 0.0118. The molecule has 0 aromatic rings. The Kier molecular flexibility index (Phi) is 7.96. The smallest absolute Gasteiger partial charge is 0.0613 e. The van der Waals surface area contributed by atoms with Gasteiger partial charge >= 0.3 is 0 Å². The van der Waals surface area contributed by atoms with Crippen molar-refractivity contribution in [2.24, 2.45) is 0 Å². The van der Waals surface area contributed by atoms with Crippen molar-refractivity contribution in [1.82, 2.24) is 0 Å². The lowest BCUT2D eigenvalue weighted by Crippen LogP contribution is -2.21. The molecule has 0 spiro atoms. The third-order valence-corrected chi connectivity index (χ3v) is 2.29. The summed E-state index contributed by atoms with van der Waals surface area (Å²) < 4.78 is 10.7. The summed E-state index contributed by atoms with van der Waals surface area (Å²) in [7, 11) is 0. The maximum absolute atomic E-state index is 9.44. The Balaban J connectivity index is 3.15. The monoisotopic (exact) mass is 248 g/mol. The van der Waals surface area contributed by atoms with Crippen molar-refractivity contribution in [3.8, 4) is 0 Å². The zero-order valence-corrected chi connectivity index (χ0v) is 11.7. The van der Waals surface area contributed by atoms with E-state index in [2.05, 4.69) is 0 Å². The maximum Gasteiger partial charge on any atom is 0.0613 e. The first kappa shape index (κ1) is 16.8. The molecule has 4 nitrogen and oxygen atoms in total. The third-order valence-electron chi connectivity index (χ3n) is 2.29. The lowest BCUT2D eigenvalue weighted by atomic mass is 10.1. The molecule has 2 N–H and O–H groups in total. The predicted molar refractivity (Wildman–Crippen MR) is 68.1 cm³/mol. The first-order chi connectivity index (χ1) is 7.71. The summed E-state index contributed by atoms with van der Waals surface area (Å²) in [4.78, 5) is 0. The van der Waals surface area contributed by atoms with Gasteiger partial charge in [-0.1, -0.05) is 0 Å². The first-order valence-corrected chi connectivity index (χ1v) is 6.31. The molecule has 0 bridgehead atoms. The van der Waals surface area contributed by atoms with Crippen LogP contribution in [-0.2, 0) is 9.47 Å². The van der Waals surface area contributed by atoms with Crippen LogP contribution < -0.4 is 0 Å². The number of hydrogen-bond acceptors (Lipinski definition) is 4. The first-order valence-electron chi connectivity index (χ1n) is 6.31. The zero-order chi connectivity index (χ0) is 13.4. The van der Waals surface area contributed by atoms with Crippen molar-refractivity contribution in [3.63, 3.8) is 0 Å². The predicted octanol–water partition coefficient (Wildman–Crippen LogP) is 1.73. The molecular formula is C13H28O4. The molecule has 0 atom stereocenters. The van der Waals surface area contributed by atoms with Crippen LogP contribution in [0.2, 0.25) is 0 Å². The van der Waals surface area contributed by atoms with Gasteiger partial charge in [-0.05, 0) is 47.0 Å². The van der Waals surface area contributed by atoms with E-state index in [0.717, 1.165) is 6.42 Å². The summed E-state index contributed by atoms with van der Waals surface area (Å²) in [5.74, 6) is 0. The van der Waals surface area contributed by atoms with Crippen LogP contribution in [0.4, 0.5) is 0 Å². The number of rotatable bonds is 10. The minimum Gasteiger partial charge on any atom is -0.390 e. The molecule has 104 valence electrons. The highest BCUT2D eigenvalue weighted by Gasteiger charge is 2.12. The van der Waals surface area contributed by atoms with Crippen LogP contribution in [0.1, 0.15) is 47.0 Å². The van der Waals surface area contributed by atoms with Gasteiger partial charge in [-0.15, -0.1) is 0 Å². The summed E-state index contributed by atoms with van der Waals surface area (Å²) in [6.07, 6.45) is 2.14. The van der Waals surface area contributed by atoms with E-state index in [9.17, 15) is 10.2 Å². The van der Waals surface area contributed by atoms with Gasteiger partial charge in [0.25, 0.3) is 0 Å². The van der Waals surface area contributed by atoms with Gasteiger partial charge in [0.1, 0.15) is 0 Å². The fraction of sp³-hybridized carbons (Fsp3) is 1.00. The molecule has 0 radical (unpaired) electrons. The molecule has 0 fully saturated rings.